The average molecular weight is 256 g/mol. The van der Waals surface area contributed by atoms with E-state index in [0.717, 1.165) is 23.9 Å². The lowest BCUT2D eigenvalue weighted by Gasteiger charge is -2.18. The molecule has 1 unspecified atom stereocenters. The van der Waals surface area contributed by atoms with Crippen LogP contribution in [0, 0.1) is 23.7 Å². The molecule has 0 aromatic heterocycles. The normalized spacial score (nSPS) is 19.5. The van der Waals surface area contributed by atoms with Crippen LogP contribution < -0.4 is 5.73 Å². The van der Waals surface area contributed by atoms with Gasteiger partial charge < -0.3 is 5.73 Å². The lowest BCUT2D eigenvalue weighted by Crippen LogP contribution is -2.21. The van der Waals surface area contributed by atoms with Crippen LogP contribution in [-0.4, -0.2) is 24.5 Å². The van der Waals surface area contributed by atoms with E-state index in [0.29, 0.717) is 6.54 Å². The minimum atomic E-state index is 0.423. The van der Waals surface area contributed by atoms with Crippen molar-refractivity contribution in [3.8, 4) is 11.8 Å². The molecule has 1 saturated heterocycles. The van der Waals surface area contributed by atoms with E-state index in [1.807, 2.05) is 6.07 Å². The Balaban J connectivity index is 1.96. The molecular formula is C17H24N2. The minimum Gasteiger partial charge on any atom is -0.320 e. The van der Waals surface area contributed by atoms with Gasteiger partial charge >= 0.3 is 0 Å². The fourth-order valence-electron chi connectivity index (χ4n) is 2.71. The van der Waals surface area contributed by atoms with Gasteiger partial charge in [-0.2, -0.15) is 0 Å². The van der Waals surface area contributed by atoms with Gasteiger partial charge in [-0.15, -0.1) is 0 Å². The SMILES string of the molecule is CC(C)C1CCN(Cc2cccc(C#CCN)c2)C1. The number of likely N-dealkylation sites (tertiary alicyclic amines) is 1. The Morgan fingerprint density at radius 2 is 2.26 bits per heavy atom. The minimum absolute atomic E-state index is 0.423. The van der Waals surface area contributed by atoms with E-state index >= 15 is 0 Å². The van der Waals surface area contributed by atoms with Crippen molar-refractivity contribution in [1.29, 1.82) is 0 Å². The highest BCUT2D eigenvalue weighted by atomic mass is 15.1. The zero-order valence-electron chi connectivity index (χ0n) is 12.0. The van der Waals surface area contributed by atoms with E-state index in [-0.39, 0.29) is 0 Å². The van der Waals surface area contributed by atoms with Crippen molar-refractivity contribution in [3.63, 3.8) is 0 Å². The van der Waals surface area contributed by atoms with Crippen molar-refractivity contribution in [1.82, 2.24) is 4.90 Å². The summed E-state index contributed by atoms with van der Waals surface area (Å²) in [5.74, 6) is 7.67. The van der Waals surface area contributed by atoms with Gasteiger partial charge in [-0.05, 0) is 42.5 Å². The number of hydrogen-bond donors (Lipinski definition) is 1. The number of hydrogen-bond acceptors (Lipinski definition) is 2. The summed E-state index contributed by atoms with van der Waals surface area (Å²) in [5.41, 5.74) is 7.83. The first kappa shape index (κ1) is 14.1. The third-order valence-electron chi connectivity index (χ3n) is 3.92. The molecule has 1 fully saturated rings. The molecule has 0 spiro atoms. The fourth-order valence-corrected chi connectivity index (χ4v) is 2.71. The van der Waals surface area contributed by atoms with Crippen LogP contribution in [0.15, 0.2) is 24.3 Å². The van der Waals surface area contributed by atoms with E-state index in [1.54, 1.807) is 0 Å². The zero-order valence-corrected chi connectivity index (χ0v) is 12.0. The number of benzene rings is 1. The van der Waals surface area contributed by atoms with Gasteiger partial charge in [-0.3, -0.25) is 4.90 Å². The molecule has 1 heterocycles. The van der Waals surface area contributed by atoms with Crippen molar-refractivity contribution in [2.24, 2.45) is 17.6 Å². The maximum atomic E-state index is 5.41. The molecule has 1 aromatic carbocycles. The molecular weight excluding hydrogens is 232 g/mol. The Bertz CT molecular complexity index is 468. The summed E-state index contributed by atoms with van der Waals surface area (Å²) in [5, 5.41) is 0. The first-order chi connectivity index (χ1) is 9.19. The molecule has 102 valence electrons. The summed E-state index contributed by atoms with van der Waals surface area (Å²) in [7, 11) is 0. The Hall–Kier alpha value is -1.30. The first-order valence-corrected chi connectivity index (χ1v) is 7.19. The van der Waals surface area contributed by atoms with Crippen LogP contribution in [0.25, 0.3) is 0 Å². The van der Waals surface area contributed by atoms with Crippen LogP contribution in [0.3, 0.4) is 0 Å². The van der Waals surface area contributed by atoms with Gasteiger partial charge in [0.2, 0.25) is 0 Å². The zero-order chi connectivity index (χ0) is 13.7. The summed E-state index contributed by atoms with van der Waals surface area (Å²) in [6.45, 7) is 8.58. The molecule has 0 radical (unpaired) electrons. The Morgan fingerprint density at radius 3 is 2.95 bits per heavy atom. The second-order valence-electron chi connectivity index (χ2n) is 5.73. The molecule has 1 aromatic rings. The fraction of sp³-hybridized carbons (Fsp3) is 0.529. The van der Waals surface area contributed by atoms with Gasteiger partial charge in [-0.1, -0.05) is 37.8 Å². The molecule has 1 atom stereocenters. The topological polar surface area (TPSA) is 29.3 Å². The van der Waals surface area contributed by atoms with Crippen molar-refractivity contribution < 1.29 is 0 Å². The molecule has 2 nitrogen and oxygen atoms in total. The van der Waals surface area contributed by atoms with E-state index in [9.17, 15) is 0 Å². The van der Waals surface area contributed by atoms with E-state index < -0.39 is 0 Å². The predicted octanol–water partition coefficient (Wildman–Crippen LogP) is 2.47. The predicted molar refractivity (Wildman–Crippen MR) is 80.6 cm³/mol. The van der Waals surface area contributed by atoms with Gasteiger partial charge in [0.05, 0.1) is 6.54 Å². The second kappa shape index (κ2) is 6.75. The van der Waals surface area contributed by atoms with Gasteiger partial charge in [0.15, 0.2) is 0 Å². The molecule has 2 heteroatoms. The van der Waals surface area contributed by atoms with Crippen LogP contribution in [0.1, 0.15) is 31.4 Å². The third-order valence-corrected chi connectivity index (χ3v) is 3.92. The second-order valence-corrected chi connectivity index (χ2v) is 5.73. The number of rotatable bonds is 3. The summed E-state index contributed by atoms with van der Waals surface area (Å²) in [6, 6.07) is 8.51. The van der Waals surface area contributed by atoms with Crippen LogP contribution in [0.2, 0.25) is 0 Å². The average Bonchev–Trinajstić information content (AvgIpc) is 2.85. The quantitative estimate of drug-likeness (QED) is 0.842. The summed E-state index contributed by atoms with van der Waals surface area (Å²) in [6.07, 6.45) is 1.34. The van der Waals surface area contributed by atoms with Crippen molar-refractivity contribution >= 4 is 0 Å². The summed E-state index contributed by atoms with van der Waals surface area (Å²) < 4.78 is 0. The van der Waals surface area contributed by atoms with Crippen molar-refractivity contribution in [3.05, 3.63) is 35.4 Å². The van der Waals surface area contributed by atoms with Crippen LogP contribution in [0.4, 0.5) is 0 Å². The molecule has 1 aliphatic rings. The largest absolute Gasteiger partial charge is 0.320 e. The molecule has 0 bridgehead atoms. The number of nitrogens with two attached hydrogens (primary N) is 1. The monoisotopic (exact) mass is 256 g/mol. The molecule has 1 aliphatic heterocycles. The first-order valence-electron chi connectivity index (χ1n) is 7.19. The van der Waals surface area contributed by atoms with Crippen molar-refractivity contribution in [2.75, 3.05) is 19.6 Å². The Kier molecular flexibility index (Phi) is 5.01. The lowest BCUT2D eigenvalue weighted by atomic mass is 9.95. The van der Waals surface area contributed by atoms with Gasteiger partial charge in [0.1, 0.15) is 0 Å². The third kappa shape index (κ3) is 4.09. The molecule has 19 heavy (non-hydrogen) atoms. The standard InChI is InChI=1S/C17H24N2/c1-14(2)17-8-10-19(13-17)12-16-6-3-5-15(11-16)7-4-9-18/h3,5-6,11,14,17H,8-10,12-13,18H2,1-2H3. The van der Waals surface area contributed by atoms with Crippen LogP contribution >= 0.6 is 0 Å². The van der Waals surface area contributed by atoms with Crippen LogP contribution in [0.5, 0.6) is 0 Å². The highest BCUT2D eigenvalue weighted by Gasteiger charge is 2.24. The van der Waals surface area contributed by atoms with E-state index in [4.69, 9.17) is 5.73 Å². The molecule has 0 saturated carbocycles. The maximum Gasteiger partial charge on any atom is 0.0555 e. The molecule has 0 aliphatic carbocycles. The highest BCUT2D eigenvalue weighted by Crippen LogP contribution is 2.24. The van der Waals surface area contributed by atoms with Crippen molar-refractivity contribution in [2.45, 2.75) is 26.8 Å². The smallest absolute Gasteiger partial charge is 0.0555 e. The maximum absolute atomic E-state index is 5.41. The molecule has 2 N–H and O–H groups in total. The summed E-state index contributed by atoms with van der Waals surface area (Å²) in [4.78, 5) is 2.56. The highest BCUT2D eigenvalue weighted by molar-refractivity contribution is 5.37. The van der Waals surface area contributed by atoms with E-state index in [2.05, 4.69) is 48.8 Å². The molecule has 2 rings (SSSR count). The lowest BCUT2D eigenvalue weighted by molar-refractivity contribution is 0.297. The van der Waals surface area contributed by atoms with Gasteiger partial charge in [-0.25, -0.2) is 0 Å². The Morgan fingerprint density at radius 1 is 1.42 bits per heavy atom. The molecule has 0 amide bonds. The van der Waals surface area contributed by atoms with Gasteiger partial charge in [0.25, 0.3) is 0 Å². The summed E-state index contributed by atoms with van der Waals surface area (Å²) >= 11 is 0. The Labute approximate surface area is 117 Å². The van der Waals surface area contributed by atoms with Gasteiger partial charge in [0, 0.05) is 18.7 Å². The van der Waals surface area contributed by atoms with Crippen LogP contribution in [-0.2, 0) is 6.54 Å². The number of nitrogens with zero attached hydrogens (tertiary/aromatic N) is 1. The van der Waals surface area contributed by atoms with E-state index in [1.165, 1.54) is 25.1 Å².